The van der Waals surface area contributed by atoms with E-state index in [0.29, 0.717) is 13.1 Å². The number of aliphatic carboxylic acids is 1. The highest BCUT2D eigenvalue weighted by atomic mass is 16.4. The van der Waals surface area contributed by atoms with Gasteiger partial charge in [0, 0.05) is 19.5 Å². The summed E-state index contributed by atoms with van der Waals surface area (Å²) >= 11 is 0. The van der Waals surface area contributed by atoms with Crippen LogP contribution in [-0.4, -0.2) is 41.0 Å². The minimum atomic E-state index is -1.04. The van der Waals surface area contributed by atoms with Gasteiger partial charge < -0.3 is 10.0 Å². The molecule has 0 rings (SSSR count). The van der Waals surface area contributed by atoms with E-state index in [9.17, 15) is 14.4 Å². The molecule has 0 heterocycles. The molecule has 3 amide bonds. The van der Waals surface area contributed by atoms with Gasteiger partial charge >= 0.3 is 12.0 Å². The normalized spacial score (nSPS) is 10.0. The molecule has 0 spiro atoms. The zero-order valence-electron chi connectivity index (χ0n) is 11.8. The molecule has 0 fully saturated rings. The molecular weight excluding hydrogens is 248 g/mol. The van der Waals surface area contributed by atoms with Crippen molar-refractivity contribution >= 4 is 17.9 Å². The van der Waals surface area contributed by atoms with Gasteiger partial charge in [-0.2, -0.15) is 0 Å². The molecule has 0 radical (unpaired) electrons. The van der Waals surface area contributed by atoms with Crippen molar-refractivity contribution in [3.63, 3.8) is 0 Å². The number of carbonyl (C=O) groups excluding carboxylic acids is 2. The fourth-order valence-corrected chi connectivity index (χ4v) is 1.49. The summed E-state index contributed by atoms with van der Waals surface area (Å²) in [7, 11) is 0. The summed E-state index contributed by atoms with van der Waals surface area (Å²) < 4.78 is 0. The number of carbonyl (C=O) groups is 3. The number of urea groups is 1. The van der Waals surface area contributed by atoms with Gasteiger partial charge in [0.1, 0.15) is 0 Å². The largest absolute Gasteiger partial charge is 0.481 e. The molecule has 6 nitrogen and oxygen atoms in total. The van der Waals surface area contributed by atoms with Crippen LogP contribution >= 0.6 is 0 Å². The summed E-state index contributed by atoms with van der Waals surface area (Å²) in [6.07, 6.45) is 3.30. The molecule has 0 saturated carbocycles. The van der Waals surface area contributed by atoms with E-state index in [1.54, 1.807) is 4.90 Å². The lowest BCUT2D eigenvalue weighted by molar-refractivity contribution is -0.138. The SMILES string of the molecule is CCCCN(CCCC)C(=O)NC(=O)CCC(=O)O. The van der Waals surface area contributed by atoms with Crippen molar-refractivity contribution < 1.29 is 19.5 Å². The number of amides is 3. The molecule has 0 aromatic carbocycles. The summed E-state index contributed by atoms with van der Waals surface area (Å²) in [5, 5.41) is 10.7. The van der Waals surface area contributed by atoms with Gasteiger partial charge in [0.15, 0.2) is 0 Å². The summed E-state index contributed by atoms with van der Waals surface area (Å²) in [4.78, 5) is 35.2. The lowest BCUT2D eigenvalue weighted by Gasteiger charge is -2.22. The monoisotopic (exact) mass is 272 g/mol. The standard InChI is InChI=1S/C13H24N2O4/c1-3-5-9-15(10-6-4-2)13(19)14-11(16)7-8-12(17)18/h3-10H2,1-2H3,(H,17,18)(H,14,16,19). The Morgan fingerprint density at radius 2 is 1.53 bits per heavy atom. The van der Waals surface area contributed by atoms with Crippen molar-refractivity contribution in [2.45, 2.75) is 52.4 Å². The zero-order valence-corrected chi connectivity index (χ0v) is 11.8. The van der Waals surface area contributed by atoms with Crippen LogP contribution in [-0.2, 0) is 9.59 Å². The third kappa shape index (κ3) is 9.04. The van der Waals surface area contributed by atoms with Crippen LogP contribution in [0.2, 0.25) is 0 Å². The molecule has 0 aliphatic rings. The van der Waals surface area contributed by atoms with Gasteiger partial charge in [-0.25, -0.2) is 4.79 Å². The van der Waals surface area contributed by atoms with Gasteiger partial charge in [-0.1, -0.05) is 26.7 Å². The number of carboxylic acid groups (broad SMARTS) is 1. The molecule has 2 N–H and O–H groups in total. The molecule has 0 saturated heterocycles. The van der Waals surface area contributed by atoms with Gasteiger partial charge in [-0.3, -0.25) is 14.9 Å². The van der Waals surface area contributed by atoms with E-state index in [0.717, 1.165) is 25.7 Å². The second kappa shape index (κ2) is 10.3. The average molecular weight is 272 g/mol. The molecular formula is C13H24N2O4. The van der Waals surface area contributed by atoms with E-state index in [4.69, 9.17) is 5.11 Å². The van der Waals surface area contributed by atoms with Crippen molar-refractivity contribution in [3.8, 4) is 0 Å². The van der Waals surface area contributed by atoms with Gasteiger partial charge in [-0.15, -0.1) is 0 Å². The number of imide groups is 1. The fourth-order valence-electron chi connectivity index (χ4n) is 1.49. The Labute approximate surface area is 114 Å². The smallest absolute Gasteiger partial charge is 0.324 e. The van der Waals surface area contributed by atoms with Gasteiger partial charge in [-0.05, 0) is 12.8 Å². The minimum Gasteiger partial charge on any atom is -0.481 e. The van der Waals surface area contributed by atoms with Crippen LogP contribution in [0.5, 0.6) is 0 Å². The van der Waals surface area contributed by atoms with Crippen LogP contribution in [0, 0.1) is 0 Å². The zero-order chi connectivity index (χ0) is 14.7. The molecule has 0 aromatic rings. The first-order chi connectivity index (χ1) is 9.01. The molecule has 0 aromatic heterocycles. The van der Waals surface area contributed by atoms with Crippen LogP contribution in [0.15, 0.2) is 0 Å². The Balaban J connectivity index is 4.20. The van der Waals surface area contributed by atoms with Crippen LogP contribution in [0.3, 0.4) is 0 Å². The van der Waals surface area contributed by atoms with E-state index in [-0.39, 0.29) is 12.8 Å². The molecule has 6 heteroatoms. The maximum Gasteiger partial charge on any atom is 0.324 e. The van der Waals surface area contributed by atoms with Gasteiger partial charge in [0.05, 0.1) is 6.42 Å². The summed E-state index contributed by atoms with van der Waals surface area (Å²) in [5.74, 6) is -1.58. The van der Waals surface area contributed by atoms with Crippen LogP contribution in [0.4, 0.5) is 4.79 Å². The van der Waals surface area contributed by atoms with E-state index in [1.165, 1.54) is 0 Å². The number of unbranched alkanes of at least 4 members (excludes halogenated alkanes) is 2. The van der Waals surface area contributed by atoms with E-state index in [1.807, 2.05) is 13.8 Å². The first-order valence-corrected chi connectivity index (χ1v) is 6.81. The maximum absolute atomic E-state index is 11.9. The second-order valence-corrected chi connectivity index (χ2v) is 4.44. The van der Waals surface area contributed by atoms with Crippen LogP contribution < -0.4 is 5.32 Å². The Morgan fingerprint density at radius 3 is 1.95 bits per heavy atom. The molecule has 0 aliphatic carbocycles. The quantitative estimate of drug-likeness (QED) is 0.672. The third-order valence-corrected chi connectivity index (χ3v) is 2.66. The lowest BCUT2D eigenvalue weighted by Crippen LogP contribution is -2.43. The number of carboxylic acids is 1. The first kappa shape index (κ1) is 17.4. The molecule has 0 unspecified atom stereocenters. The Bertz CT molecular complexity index is 297. The summed E-state index contributed by atoms with van der Waals surface area (Å²) in [6, 6.07) is -0.419. The Morgan fingerprint density at radius 1 is 1.00 bits per heavy atom. The number of nitrogens with one attached hydrogen (secondary N) is 1. The van der Waals surface area contributed by atoms with Crippen molar-refractivity contribution in [2.24, 2.45) is 0 Å². The highest BCUT2D eigenvalue weighted by Gasteiger charge is 2.15. The third-order valence-electron chi connectivity index (χ3n) is 2.66. The number of hydrogen-bond acceptors (Lipinski definition) is 3. The minimum absolute atomic E-state index is 0.170. The second-order valence-electron chi connectivity index (χ2n) is 4.44. The van der Waals surface area contributed by atoms with Crippen molar-refractivity contribution in [1.82, 2.24) is 10.2 Å². The van der Waals surface area contributed by atoms with Gasteiger partial charge in [0.25, 0.3) is 0 Å². The summed E-state index contributed by atoms with van der Waals surface area (Å²) in [5.41, 5.74) is 0. The number of rotatable bonds is 9. The topological polar surface area (TPSA) is 86.7 Å². The van der Waals surface area contributed by atoms with Gasteiger partial charge in [0.2, 0.25) is 5.91 Å². The average Bonchev–Trinajstić information content (AvgIpc) is 2.36. The van der Waals surface area contributed by atoms with E-state index >= 15 is 0 Å². The molecule has 0 atom stereocenters. The van der Waals surface area contributed by atoms with Crippen LogP contribution in [0.25, 0.3) is 0 Å². The molecule has 19 heavy (non-hydrogen) atoms. The predicted molar refractivity (Wildman–Crippen MR) is 71.8 cm³/mol. The lowest BCUT2D eigenvalue weighted by atomic mass is 10.2. The van der Waals surface area contributed by atoms with Crippen LogP contribution in [0.1, 0.15) is 52.4 Å². The number of nitrogens with zero attached hydrogens (tertiary/aromatic N) is 1. The maximum atomic E-state index is 11.9. The van der Waals surface area contributed by atoms with Crippen molar-refractivity contribution in [3.05, 3.63) is 0 Å². The molecule has 0 bridgehead atoms. The van der Waals surface area contributed by atoms with Crippen molar-refractivity contribution in [1.29, 1.82) is 0 Å². The van der Waals surface area contributed by atoms with E-state index < -0.39 is 17.9 Å². The predicted octanol–water partition coefficient (Wildman–Crippen LogP) is 1.99. The Kier molecular flexibility index (Phi) is 9.48. The van der Waals surface area contributed by atoms with E-state index in [2.05, 4.69) is 5.32 Å². The van der Waals surface area contributed by atoms with Crippen molar-refractivity contribution in [2.75, 3.05) is 13.1 Å². The summed E-state index contributed by atoms with van der Waals surface area (Å²) in [6.45, 7) is 5.31. The fraction of sp³-hybridized carbons (Fsp3) is 0.769. The Hall–Kier alpha value is -1.59. The number of hydrogen-bond donors (Lipinski definition) is 2. The molecule has 0 aliphatic heterocycles. The highest BCUT2D eigenvalue weighted by molar-refractivity contribution is 5.95. The molecule has 110 valence electrons. The first-order valence-electron chi connectivity index (χ1n) is 6.81. The highest BCUT2D eigenvalue weighted by Crippen LogP contribution is 2.00.